The standard InChI is InChI=1S/C43H67NO10/c1-10-11-13-28-14-12-15-36(54-38-19-18-35(44(5)6)25(3)50-38)24(2)39(46)34-22-32-30(33(34)23-37(45)52-28)17-16-27-20-29(21-31(27)32)53-43-42(49-9)41(48-8)40(47-7)26(4)51-43/h11,13,16-17,22,24-33,35-36,38,40-43H,10,12,14-15,18-21,23H2,1-9H3/b13-11+/t24-,25-,26+,27-,28-,29-,30-,31-,32-,33+,35+,36+,38+,40+,41-,42-,43+/m1/s1. The molecule has 6 rings (SSSR count). The normalized spacial score (nSPS) is 44.6. The van der Waals surface area contributed by atoms with Crippen LogP contribution in [0, 0.1) is 35.5 Å². The highest BCUT2D eigenvalue weighted by molar-refractivity contribution is 5.99. The molecule has 3 saturated heterocycles. The number of fused-ring (bicyclic) bond motifs is 5. The number of ketones is 1. The molecule has 0 aromatic rings. The van der Waals surface area contributed by atoms with E-state index in [0.29, 0.717) is 18.9 Å². The molecule has 11 nitrogen and oxygen atoms in total. The van der Waals surface area contributed by atoms with E-state index in [9.17, 15) is 9.59 Å². The van der Waals surface area contributed by atoms with Crippen molar-refractivity contribution < 1.29 is 47.5 Å². The fourth-order valence-electron chi connectivity index (χ4n) is 10.5. The molecule has 6 aliphatic rings. The zero-order chi connectivity index (χ0) is 38.7. The van der Waals surface area contributed by atoms with Crippen molar-refractivity contribution in [3.05, 3.63) is 36.0 Å². The van der Waals surface area contributed by atoms with E-state index in [-0.39, 0.29) is 103 Å². The van der Waals surface area contributed by atoms with E-state index in [0.717, 1.165) is 44.1 Å². The first-order valence-electron chi connectivity index (χ1n) is 20.6. The van der Waals surface area contributed by atoms with Gasteiger partial charge in [0.2, 0.25) is 0 Å². The number of nitrogens with zero attached hydrogens (tertiary/aromatic N) is 1. The number of hydrogen-bond acceptors (Lipinski definition) is 11. The summed E-state index contributed by atoms with van der Waals surface area (Å²) in [5.41, 5.74) is 0.752. The summed E-state index contributed by atoms with van der Waals surface area (Å²) in [6, 6.07) is 0.330. The van der Waals surface area contributed by atoms with Crippen LogP contribution in [0.5, 0.6) is 0 Å². The van der Waals surface area contributed by atoms with Gasteiger partial charge < -0.3 is 42.8 Å². The second kappa shape index (κ2) is 18.5. The summed E-state index contributed by atoms with van der Waals surface area (Å²) in [5.74, 6) is -0.122. The van der Waals surface area contributed by atoms with Crippen molar-refractivity contribution in [2.24, 2.45) is 35.5 Å². The first-order chi connectivity index (χ1) is 26.0. The molecule has 0 spiro atoms. The Morgan fingerprint density at radius 1 is 0.852 bits per heavy atom. The summed E-state index contributed by atoms with van der Waals surface area (Å²) in [6.07, 6.45) is 14.6. The van der Waals surface area contributed by atoms with E-state index >= 15 is 0 Å². The Morgan fingerprint density at radius 2 is 1.61 bits per heavy atom. The molecule has 1 saturated carbocycles. The number of carbonyl (C=O) groups excluding carboxylic acids is 2. The van der Waals surface area contributed by atoms with Gasteiger partial charge in [-0.2, -0.15) is 0 Å². The Labute approximate surface area is 323 Å². The number of Topliss-reactive ketones (excluding diaryl/α,β-unsaturated/α-hetero) is 1. The Balaban J connectivity index is 1.22. The van der Waals surface area contributed by atoms with Crippen LogP contribution in [0.2, 0.25) is 0 Å². The minimum Gasteiger partial charge on any atom is -0.458 e. The van der Waals surface area contributed by atoms with Crippen LogP contribution in [0.1, 0.15) is 85.5 Å². The van der Waals surface area contributed by atoms with Gasteiger partial charge in [-0.3, -0.25) is 9.59 Å². The van der Waals surface area contributed by atoms with E-state index in [2.05, 4.69) is 57.1 Å². The third kappa shape index (κ3) is 8.94. The third-order valence-corrected chi connectivity index (χ3v) is 13.3. The van der Waals surface area contributed by atoms with Crippen molar-refractivity contribution in [1.29, 1.82) is 0 Å². The largest absolute Gasteiger partial charge is 0.458 e. The summed E-state index contributed by atoms with van der Waals surface area (Å²) in [5, 5.41) is 0. The molecule has 304 valence electrons. The van der Waals surface area contributed by atoms with Crippen LogP contribution in [-0.2, 0) is 47.5 Å². The molecule has 17 atom stereocenters. The molecule has 0 aromatic carbocycles. The number of allylic oxidation sites excluding steroid dienone is 5. The maximum absolute atomic E-state index is 14.7. The number of methoxy groups -OCH3 is 3. The van der Waals surface area contributed by atoms with E-state index in [1.165, 1.54) is 0 Å². The molecular weight excluding hydrogens is 690 g/mol. The zero-order valence-corrected chi connectivity index (χ0v) is 34.1. The van der Waals surface area contributed by atoms with Crippen LogP contribution in [0.25, 0.3) is 0 Å². The van der Waals surface area contributed by atoms with Gasteiger partial charge in [0.1, 0.15) is 24.4 Å². The SMILES string of the molecule is CC/C=C/[C@@H]1CCC[C@H](O[C@H]2CC[C@H](N(C)C)[C@@H](C)O2)[C@@H](C)C(=O)C2=C[C@@H]3[C@@H](C=C[C@@H]4C[C@@H](O[C@@H]5O[C@@H](C)[C@H](OC)[C@@H](OC)[C@H]5OC)C[C@@H]34)[C@@H]2CC(=O)O1. The van der Waals surface area contributed by atoms with Gasteiger partial charge in [-0.25, -0.2) is 0 Å². The predicted octanol–water partition coefficient (Wildman–Crippen LogP) is 6.04. The smallest absolute Gasteiger partial charge is 0.307 e. The van der Waals surface area contributed by atoms with Crippen molar-refractivity contribution in [1.82, 2.24) is 4.90 Å². The monoisotopic (exact) mass is 757 g/mol. The van der Waals surface area contributed by atoms with Gasteiger partial charge in [-0.15, -0.1) is 0 Å². The van der Waals surface area contributed by atoms with Gasteiger partial charge in [-0.05, 0) is 115 Å². The quantitative estimate of drug-likeness (QED) is 0.192. The van der Waals surface area contributed by atoms with Gasteiger partial charge in [0.25, 0.3) is 0 Å². The second-order valence-electron chi connectivity index (χ2n) is 16.8. The van der Waals surface area contributed by atoms with E-state index in [1.807, 2.05) is 19.9 Å². The number of carbonyl (C=O) groups is 2. The first kappa shape index (κ1) is 41.7. The van der Waals surface area contributed by atoms with Gasteiger partial charge >= 0.3 is 5.97 Å². The fourth-order valence-corrected chi connectivity index (χ4v) is 10.5. The molecule has 0 N–H and O–H groups in total. The van der Waals surface area contributed by atoms with Crippen molar-refractivity contribution in [2.75, 3.05) is 35.4 Å². The lowest BCUT2D eigenvalue weighted by Gasteiger charge is -2.44. The highest BCUT2D eigenvalue weighted by Crippen LogP contribution is 2.54. The second-order valence-corrected chi connectivity index (χ2v) is 16.8. The first-order valence-corrected chi connectivity index (χ1v) is 20.6. The van der Waals surface area contributed by atoms with E-state index in [1.54, 1.807) is 21.3 Å². The Kier molecular flexibility index (Phi) is 14.3. The zero-order valence-electron chi connectivity index (χ0n) is 34.1. The highest BCUT2D eigenvalue weighted by Gasteiger charge is 2.52. The minimum absolute atomic E-state index is 0.0270. The molecule has 0 aromatic heterocycles. The fraction of sp³-hybridized carbons (Fsp3) is 0.814. The maximum Gasteiger partial charge on any atom is 0.307 e. The molecule has 0 unspecified atom stereocenters. The lowest BCUT2D eigenvalue weighted by molar-refractivity contribution is -0.314. The van der Waals surface area contributed by atoms with Crippen molar-refractivity contribution >= 4 is 11.8 Å². The van der Waals surface area contributed by atoms with Crippen LogP contribution in [-0.4, -0.2) is 120 Å². The lowest BCUT2D eigenvalue weighted by Crippen LogP contribution is -2.59. The molecule has 11 heteroatoms. The van der Waals surface area contributed by atoms with Gasteiger partial charge in [-0.1, -0.05) is 38.2 Å². The Morgan fingerprint density at radius 3 is 2.30 bits per heavy atom. The van der Waals surface area contributed by atoms with Crippen LogP contribution in [0.4, 0.5) is 0 Å². The average molecular weight is 758 g/mol. The van der Waals surface area contributed by atoms with Gasteiger partial charge in [0.05, 0.1) is 30.8 Å². The lowest BCUT2D eigenvalue weighted by atomic mass is 9.70. The Bertz CT molecular complexity index is 1370. The van der Waals surface area contributed by atoms with E-state index < -0.39 is 12.4 Å². The molecule has 3 heterocycles. The molecule has 0 bridgehead atoms. The molecule has 3 aliphatic carbocycles. The number of cyclic esters (lactones) is 1. The minimum atomic E-state index is -0.600. The molecule has 4 fully saturated rings. The summed E-state index contributed by atoms with van der Waals surface area (Å²) in [4.78, 5) is 30.6. The Hall–Kier alpha value is -1.96. The molecule has 3 aliphatic heterocycles. The number of ether oxygens (including phenoxy) is 8. The van der Waals surface area contributed by atoms with Crippen molar-refractivity contribution in [3.63, 3.8) is 0 Å². The third-order valence-electron chi connectivity index (χ3n) is 13.3. The van der Waals surface area contributed by atoms with Gasteiger partial charge in [0.15, 0.2) is 18.4 Å². The van der Waals surface area contributed by atoms with Crippen LogP contribution < -0.4 is 0 Å². The van der Waals surface area contributed by atoms with E-state index in [4.69, 9.17) is 37.9 Å². The summed E-state index contributed by atoms with van der Waals surface area (Å²) in [6.45, 7) is 8.17. The van der Waals surface area contributed by atoms with Crippen molar-refractivity contribution in [2.45, 2.75) is 153 Å². The molecule has 0 radical (unpaired) electrons. The summed E-state index contributed by atoms with van der Waals surface area (Å²) >= 11 is 0. The molecular formula is C43H67NO10. The number of hydrogen-bond donors (Lipinski definition) is 0. The highest BCUT2D eigenvalue weighted by atomic mass is 16.7. The average Bonchev–Trinajstić information content (AvgIpc) is 3.72. The number of rotatable bonds is 10. The molecule has 0 amide bonds. The predicted molar refractivity (Wildman–Crippen MR) is 203 cm³/mol. The number of likely N-dealkylation sites (N-methyl/N-ethyl adjacent to an activating group) is 1. The van der Waals surface area contributed by atoms with Crippen molar-refractivity contribution in [3.8, 4) is 0 Å². The topological polar surface area (TPSA) is 111 Å². The summed E-state index contributed by atoms with van der Waals surface area (Å²) in [7, 11) is 9.15. The molecule has 54 heavy (non-hydrogen) atoms. The maximum atomic E-state index is 14.7. The van der Waals surface area contributed by atoms with Crippen LogP contribution >= 0.6 is 0 Å². The van der Waals surface area contributed by atoms with Crippen LogP contribution in [0.3, 0.4) is 0 Å². The summed E-state index contributed by atoms with van der Waals surface area (Å²) < 4.78 is 49.7. The van der Waals surface area contributed by atoms with Gasteiger partial charge in [0, 0.05) is 39.2 Å². The van der Waals surface area contributed by atoms with Crippen LogP contribution in [0.15, 0.2) is 36.0 Å². The number of esters is 1.